The number of nitrogens with zero attached hydrogens (tertiary/aromatic N) is 2. The maximum atomic E-state index is 13.6. The van der Waals surface area contributed by atoms with Gasteiger partial charge in [0, 0.05) is 35.8 Å². The minimum absolute atomic E-state index is 0.0369. The van der Waals surface area contributed by atoms with E-state index in [0.29, 0.717) is 28.1 Å². The summed E-state index contributed by atoms with van der Waals surface area (Å²) in [5, 5.41) is 27.5. The highest BCUT2D eigenvalue weighted by molar-refractivity contribution is 7.12. The lowest BCUT2D eigenvalue weighted by atomic mass is 9.96. The number of hydrogen-bond acceptors (Lipinski definition) is 7. The average Bonchev–Trinajstić information content (AvgIpc) is 3.42. The van der Waals surface area contributed by atoms with Gasteiger partial charge in [-0.05, 0) is 47.3 Å². The van der Waals surface area contributed by atoms with Crippen LogP contribution in [0.15, 0.2) is 66.0 Å². The van der Waals surface area contributed by atoms with Gasteiger partial charge in [0.25, 0.3) is 11.8 Å². The van der Waals surface area contributed by atoms with Gasteiger partial charge in [-0.1, -0.05) is 18.2 Å². The molecule has 0 saturated heterocycles. The molecule has 10 heteroatoms. The van der Waals surface area contributed by atoms with Gasteiger partial charge in [0.1, 0.15) is 23.2 Å². The summed E-state index contributed by atoms with van der Waals surface area (Å²) in [4.78, 5) is 30.1. The lowest BCUT2D eigenvalue weighted by Crippen LogP contribution is -2.28. The van der Waals surface area contributed by atoms with Crippen LogP contribution in [0.4, 0.5) is 10.2 Å². The van der Waals surface area contributed by atoms with Crippen LogP contribution in [0.25, 0.3) is 22.4 Å². The summed E-state index contributed by atoms with van der Waals surface area (Å²) >= 11 is 1.22. The second-order valence-corrected chi connectivity index (χ2v) is 8.56. The van der Waals surface area contributed by atoms with E-state index in [1.54, 1.807) is 47.8 Å². The number of aromatic hydroxyl groups is 1. The number of nitriles is 1. The first-order valence-electron chi connectivity index (χ1n) is 10.8. The molecule has 0 spiro atoms. The van der Waals surface area contributed by atoms with E-state index in [1.807, 2.05) is 0 Å². The quantitative estimate of drug-likeness (QED) is 0.300. The minimum atomic E-state index is -0.632. The number of rotatable bonds is 7. The third kappa shape index (κ3) is 5.22. The van der Waals surface area contributed by atoms with E-state index in [9.17, 15) is 24.3 Å². The molecule has 0 bridgehead atoms. The van der Waals surface area contributed by atoms with Crippen LogP contribution in [0.5, 0.6) is 5.75 Å². The number of benzene rings is 2. The molecule has 2 amide bonds. The number of pyridine rings is 1. The van der Waals surface area contributed by atoms with Crippen molar-refractivity contribution >= 4 is 29.0 Å². The van der Waals surface area contributed by atoms with Crippen molar-refractivity contribution in [3.8, 4) is 34.2 Å². The molecule has 0 aliphatic carbocycles. The van der Waals surface area contributed by atoms with Gasteiger partial charge in [-0.25, -0.2) is 9.37 Å². The number of nitrogens with two attached hydrogens (primary N) is 1. The molecular formula is C26H20FN5O3S. The molecular weight excluding hydrogens is 481 g/mol. The number of aromatic nitrogens is 1. The molecule has 4 rings (SSSR count). The van der Waals surface area contributed by atoms with Gasteiger partial charge in [-0.2, -0.15) is 5.26 Å². The van der Waals surface area contributed by atoms with Gasteiger partial charge in [0.15, 0.2) is 5.82 Å². The highest BCUT2D eigenvalue weighted by Gasteiger charge is 2.20. The van der Waals surface area contributed by atoms with Crippen LogP contribution in [0, 0.1) is 17.1 Å². The number of anilines is 1. The fourth-order valence-corrected chi connectivity index (χ4v) is 4.15. The zero-order valence-corrected chi connectivity index (χ0v) is 19.6. The number of thiophene rings is 1. The van der Waals surface area contributed by atoms with Crippen molar-refractivity contribution in [3.63, 3.8) is 0 Å². The number of phenols is 1. The van der Waals surface area contributed by atoms with E-state index < -0.39 is 11.7 Å². The Labute approximate surface area is 209 Å². The Kier molecular flexibility index (Phi) is 7.34. The standard InChI is InChI=1S/C26H20FN5O3S/c27-17-6-7-18(22(33)12-17)21-13-19(15-3-1-4-16(11-15)25(34)30-9-8-28)20(14-29)24(31-21)32-26(35)23-5-2-10-36-23/h1-7,10-13,33H,8-9,28H2,(H,30,34)(H,31,32,35). The Balaban J connectivity index is 1.88. The zero-order valence-electron chi connectivity index (χ0n) is 18.8. The minimum Gasteiger partial charge on any atom is -0.507 e. The Morgan fingerprint density at radius 3 is 2.61 bits per heavy atom. The number of amides is 2. The molecule has 4 aromatic rings. The maximum Gasteiger partial charge on any atom is 0.266 e. The summed E-state index contributed by atoms with van der Waals surface area (Å²) in [6, 6.07) is 17.0. The Hall–Kier alpha value is -4.59. The highest BCUT2D eigenvalue weighted by atomic mass is 32.1. The van der Waals surface area contributed by atoms with Crippen molar-refractivity contribution in [2.45, 2.75) is 0 Å². The normalized spacial score (nSPS) is 10.5. The van der Waals surface area contributed by atoms with E-state index in [4.69, 9.17) is 5.73 Å². The van der Waals surface area contributed by atoms with Gasteiger partial charge >= 0.3 is 0 Å². The molecule has 2 aromatic carbocycles. The SMILES string of the molecule is N#Cc1c(-c2cccc(C(=O)NCCN)c2)cc(-c2ccc(F)cc2O)nc1NC(=O)c1cccs1. The number of halogens is 1. The van der Waals surface area contributed by atoms with Crippen LogP contribution >= 0.6 is 11.3 Å². The summed E-state index contributed by atoms with van der Waals surface area (Å²) < 4.78 is 13.6. The fraction of sp³-hybridized carbons (Fsp3) is 0.0769. The van der Waals surface area contributed by atoms with Crippen molar-refractivity contribution < 1.29 is 19.1 Å². The van der Waals surface area contributed by atoms with Crippen LogP contribution in [0.1, 0.15) is 25.6 Å². The molecule has 0 atom stereocenters. The van der Waals surface area contributed by atoms with E-state index >= 15 is 0 Å². The van der Waals surface area contributed by atoms with Crippen molar-refractivity contribution in [3.05, 3.63) is 87.9 Å². The van der Waals surface area contributed by atoms with Gasteiger partial charge in [-0.15, -0.1) is 11.3 Å². The third-order valence-electron chi connectivity index (χ3n) is 5.21. The number of phenolic OH excluding ortho intramolecular Hbond substituents is 1. The van der Waals surface area contributed by atoms with E-state index in [1.165, 1.54) is 23.5 Å². The molecule has 5 N–H and O–H groups in total. The molecule has 2 heterocycles. The van der Waals surface area contributed by atoms with E-state index in [2.05, 4.69) is 21.7 Å². The second-order valence-electron chi connectivity index (χ2n) is 7.61. The smallest absolute Gasteiger partial charge is 0.266 e. The van der Waals surface area contributed by atoms with Crippen LogP contribution in [-0.2, 0) is 0 Å². The average molecular weight is 502 g/mol. The lowest BCUT2D eigenvalue weighted by molar-refractivity contribution is 0.0954. The Bertz CT molecular complexity index is 1480. The van der Waals surface area contributed by atoms with E-state index in [0.717, 1.165) is 6.07 Å². The Morgan fingerprint density at radius 1 is 1.08 bits per heavy atom. The second kappa shape index (κ2) is 10.8. The van der Waals surface area contributed by atoms with Crippen molar-refractivity contribution in [2.24, 2.45) is 5.73 Å². The fourth-order valence-electron chi connectivity index (χ4n) is 3.53. The molecule has 0 aliphatic heterocycles. The molecule has 2 aromatic heterocycles. The molecule has 0 unspecified atom stereocenters. The predicted molar refractivity (Wildman–Crippen MR) is 135 cm³/mol. The summed E-state index contributed by atoms with van der Waals surface area (Å²) in [5.41, 5.74) is 7.13. The van der Waals surface area contributed by atoms with Gasteiger partial charge in [-0.3, -0.25) is 9.59 Å². The summed E-state index contributed by atoms with van der Waals surface area (Å²) in [6.45, 7) is 0.584. The van der Waals surface area contributed by atoms with Crippen LogP contribution in [0.2, 0.25) is 0 Å². The lowest BCUT2D eigenvalue weighted by Gasteiger charge is -2.14. The van der Waals surface area contributed by atoms with Crippen molar-refractivity contribution in [2.75, 3.05) is 18.4 Å². The number of carbonyl (C=O) groups excluding carboxylic acids is 2. The maximum absolute atomic E-state index is 13.6. The van der Waals surface area contributed by atoms with Gasteiger partial charge in [0.05, 0.1) is 10.6 Å². The molecule has 8 nitrogen and oxygen atoms in total. The van der Waals surface area contributed by atoms with Gasteiger partial charge in [0.2, 0.25) is 0 Å². The van der Waals surface area contributed by atoms with Gasteiger partial charge < -0.3 is 21.5 Å². The first-order valence-corrected chi connectivity index (χ1v) is 11.7. The predicted octanol–water partition coefficient (Wildman–Crippen LogP) is 4.13. The highest BCUT2D eigenvalue weighted by Crippen LogP contribution is 2.36. The topological polar surface area (TPSA) is 141 Å². The molecule has 0 saturated carbocycles. The zero-order chi connectivity index (χ0) is 25.7. The van der Waals surface area contributed by atoms with E-state index in [-0.39, 0.29) is 40.8 Å². The molecule has 180 valence electrons. The summed E-state index contributed by atoms with van der Waals surface area (Å²) in [7, 11) is 0. The molecule has 0 aliphatic rings. The summed E-state index contributed by atoms with van der Waals surface area (Å²) in [6.07, 6.45) is 0. The van der Waals surface area contributed by atoms with Crippen LogP contribution in [-0.4, -0.2) is 35.0 Å². The van der Waals surface area contributed by atoms with Crippen molar-refractivity contribution in [1.82, 2.24) is 10.3 Å². The monoisotopic (exact) mass is 501 g/mol. The number of hydrogen-bond donors (Lipinski definition) is 4. The van der Waals surface area contributed by atoms with Crippen molar-refractivity contribution in [1.29, 1.82) is 5.26 Å². The molecule has 36 heavy (non-hydrogen) atoms. The summed E-state index contributed by atoms with van der Waals surface area (Å²) in [5.74, 6) is -1.82. The van der Waals surface area contributed by atoms with Crippen LogP contribution < -0.4 is 16.4 Å². The first kappa shape index (κ1) is 24.5. The first-order chi connectivity index (χ1) is 17.4. The Morgan fingerprint density at radius 2 is 1.92 bits per heavy atom. The molecule has 0 fully saturated rings. The molecule has 0 radical (unpaired) electrons. The number of carbonyl (C=O) groups is 2. The van der Waals surface area contributed by atoms with Crippen LogP contribution in [0.3, 0.4) is 0 Å². The third-order valence-corrected chi connectivity index (χ3v) is 6.08. The number of nitrogens with one attached hydrogen (secondary N) is 2. The largest absolute Gasteiger partial charge is 0.507 e.